The van der Waals surface area contributed by atoms with E-state index in [2.05, 4.69) is 56.5 Å². The molecule has 0 bridgehead atoms. The van der Waals surface area contributed by atoms with E-state index < -0.39 is 0 Å². The average molecular weight is 300 g/mol. The number of fused-ring (bicyclic) bond motifs is 1. The number of hydrogen-bond acceptors (Lipinski definition) is 5. The molecule has 2 aromatic rings. The quantitative estimate of drug-likeness (QED) is 0.915. The maximum Gasteiger partial charge on any atom is 0.226 e. The van der Waals surface area contributed by atoms with Gasteiger partial charge in [0.05, 0.1) is 6.42 Å². The van der Waals surface area contributed by atoms with Crippen molar-refractivity contribution in [3.05, 3.63) is 46.8 Å². The molecule has 3 rings (SSSR count). The number of carbonyl (C=O) groups excluding carboxylic acids is 1. The highest BCUT2D eigenvalue weighted by molar-refractivity contribution is 5.78. The predicted molar refractivity (Wildman–Crippen MR) is 81.1 cm³/mol. The average Bonchev–Trinajstić information content (AvgIpc) is 2.90. The number of benzene rings is 1. The topological polar surface area (TPSA) is 71.3 Å². The second-order valence-electron chi connectivity index (χ2n) is 5.82. The molecule has 1 amide bonds. The minimum atomic E-state index is -0.0499. The molecule has 2 heterocycles. The molecule has 0 saturated carbocycles. The number of amides is 1. The summed E-state index contributed by atoms with van der Waals surface area (Å²) in [4.78, 5) is 14.3. The fourth-order valence-corrected chi connectivity index (χ4v) is 2.80. The van der Waals surface area contributed by atoms with Gasteiger partial charge in [0.25, 0.3) is 0 Å². The molecular weight excluding hydrogens is 280 g/mol. The van der Waals surface area contributed by atoms with Crippen LogP contribution in [0.25, 0.3) is 0 Å². The third-order valence-electron chi connectivity index (χ3n) is 4.23. The number of carbonyl (C=O) groups is 1. The number of likely N-dealkylation sites (N-methyl/N-ethyl adjacent to an activating group) is 1. The third-order valence-corrected chi connectivity index (χ3v) is 4.23. The van der Waals surface area contributed by atoms with Crippen LogP contribution in [0.1, 0.15) is 22.5 Å². The predicted octanol–water partition coefficient (Wildman–Crippen LogP) is 1.09. The molecule has 1 aliphatic heterocycles. The van der Waals surface area contributed by atoms with Gasteiger partial charge in [-0.1, -0.05) is 34.6 Å². The van der Waals surface area contributed by atoms with Gasteiger partial charge in [0.1, 0.15) is 11.4 Å². The lowest BCUT2D eigenvalue weighted by atomic mass is 9.94. The van der Waals surface area contributed by atoms with Gasteiger partial charge in [0.2, 0.25) is 5.91 Å². The summed E-state index contributed by atoms with van der Waals surface area (Å²) in [5.41, 5.74) is 4.01. The summed E-state index contributed by atoms with van der Waals surface area (Å²) in [6.45, 7) is 3.34. The van der Waals surface area contributed by atoms with Crippen LogP contribution in [0.4, 0.5) is 0 Å². The van der Waals surface area contributed by atoms with Crippen molar-refractivity contribution in [2.45, 2.75) is 32.4 Å². The van der Waals surface area contributed by atoms with E-state index >= 15 is 0 Å². The van der Waals surface area contributed by atoms with Crippen LogP contribution in [0.2, 0.25) is 0 Å². The van der Waals surface area contributed by atoms with Gasteiger partial charge in [-0.25, -0.2) is 4.63 Å². The minimum absolute atomic E-state index is 0.0499. The number of hydrogen-bond donors (Lipinski definition) is 1. The lowest BCUT2D eigenvalue weighted by Crippen LogP contribution is -2.45. The number of aromatic nitrogens is 2. The van der Waals surface area contributed by atoms with Gasteiger partial charge in [-0.15, -0.1) is 0 Å². The highest BCUT2D eigenvalue weighted by Crippen LogP contribution is 2.21. The number of nitrogens with zero attached hydrogens (tertiary/aromatic N) is 3. The zero-order valence-corrected chi connectivity index (χ0v) is 12.9. The van der Waals surface area contributed by atoms with E-state index in [-0.39, 0.29) is 12.3 Å². The van der Waals surface area contributed by atoms with Crippen molar-refractivity contribution >= 4 is 5.91 Å². The third kappa shape index (κ3) is 3.17. The summed E-state index contributed by atoms with van der Waals surface area (Å²) < 4.78 is 4.61. The van der Waals surface area contributed by atoms with Crippen LogP contribution in [-0.4, -0.2) is 40.8 Å². The molecule has 1 N–H and O–H groups in total. The molecule has 0 spiro atoms. The summed E-state index contributed by atoms with van der Waals surface area (Å²) in [7, 11) is 2.10. The Morgan fingerprint density at radius 2 is 2.14 bits per heavy atom. The Hall–Kier alpha value is -2.21. The van der Waals surface area contributed by atoms with Crippen molar-refractivity contribution in [1.29, 1.82) is 0 Å². The normalized spacial score (nSPS) is 18.0. The monoisotopic (exact) mass is 300 g/mol. The smallest absolute Gasteiger partial charge is 0.226 e. The summed E-state index contributed by atoms with van der Waals surface area (Å²) >= 11 is 0. The number of nitrogens with one attached hydrogen (secondary N) is 1. The molecule has 0 fully saturated rings. The van der Waals surface area contributed by atoms with Crippen LogP contribution in [0.15, 0.2) is 28.9 Å². The maximum absolute atomic E-state index is 12.0. The Balaban J connectivity index is 1.55. The van der Waals surface area contributed by atoms with Crippen LogP contribution < -0.4 is 5.32 Å². The van der Waals surface area contributed by atoms with Crippen molar-refractivity contribution in [3.8, 4) is 0 Å². The van der Waals surface area contributed by atoms with Crippen molar-refractivity contribution in [3.63, 3.8) is 0 Å². The van der Waals surface area contributed by atoms with Crippen molar-refractivity contribution < 1.29 is 9.42 Å². The Morgan fingerprint density at radius 1 is 1.36 bits per heavy atom. The molecule has 1 aromatic heterocycles. The molecule has 0 radical (unpaired) electrons. The molecule has 0 unspecified atom stereocenters. The molecular formula is C16H20N4O2. The first-order valence-electron chi connectivity index (χ1n) is 7.45. The SMILES string of the molecule is Cc1nonc1CC(=O)NC[C@@H]1Cc2ccccc2CN1C. The first-order chi connectivity index (χ1) is 10.6. The molecule has 1 aliphatic rings. The first kappa shape index (κ1) is 14.7. The fraction of sp³-hybridized carbons (Fsp3) is 0.438. The number of rotatable bonds is 4. The van der Waals surface area contributed by atoms with Gasteiger partial charge in [-0.05, 0) is 31.5 Å². The van der Waals surface area contributed by atoms with Crippen LogP contribution in [-0.2, 0) is 24.2 Å². The molecule has 0 saturated heterocycles. The van der Waals surface area contributed by atoms with E-state index in [1.165, 1.54) is 11.1 Å². The molecule has 22 heavy (non-hydrogen) atoms. The maximum atomic E-state index is 12.0. The van der Waals surface area contributed by atoms with E-state index in [0.29, 0.717) is 24.0 Å². The Labute approximate surface area is 129 Å². The molecule has 0 aliphatic carbocycles. The van der Waals surface area contributed by atoms with Crippen molar-refractivity contribution in [2.24, 2.45) is 0 Å². The van der Waals surface area contributed by atoms with Gasteiger partial charge in [-0.3, -0.25) is 9.69 Å². The van der Waals surface area contributed by atoms with Crippen LogP contribution in [0.5, 0.6) is 0 Å². The zero-order valence-electron chi connectivity index (χ0n) is 12.9. The van der Waals surface area contributed by atoms with E-state index in [0.717, 1.165) is 13.0 Å². The molecule has 1 atom stereocenters. The lowest BCUT2D eigenvalue weighted by molar-refractivity contribution is -0.120. The Morgan fingerprint density at radius 3 is 2.86 bits per heavy atom. The van der Waals surface area contributed by atoms with Crippen LogP contribution in [0, 0.1) is 6.92 Å². The second-order valence-corrected chi connectivity index (χ2v) is 5.82. The molecule has 6 nitrogen and oxygen atoms in total. The largest absolute Gasteiger partial charge is 0.354 e. The zero-order chi connectivity index (χ0) is 15.5. The minimum Gasteiger partial charge on any atom is -0.354 e. The van der Waals surface area contributed by atoms with Crippen LogP contribution in [0.3, 0.4) is 0 Å². The van der Waals surface area contributed by atoms with E-state index in [9.17, 15) is 4.79 Å². The highest BCUT2D eigenvalue weighted by Gasteiger charge is 2.23. The van der Waals surface area contributed by atoms with Gasteiger partial charge < -0.3 is 5.32 Å². The highest BCUT2D eigenvalue weighted by atomic mass is 16.6. The molecule has 1 aromatic carbocycles. The van der Waals surface area contributed by atoms with Gasteiger partial charge in [0.15, 0.2) is 0 Å². The summed E-state index contributed by atoms with van der Waals surface area (Å²) in [6.07, 6.45) is 1.17. The van der Waals surface area contributed by atoms with Gasteiger partial charge in [-0.2, -0.15) is 0 Å². The van der Waals surface area contributed by atoms with E-state index in [1.54, 1.807) is 6.92 Å². The summed E-state index contributed by atoms with van der Waals surface area (Å²) in [5, 5.41) is 10.4. The standard InChI is InChI=1S/C16H20N4O2/c1-11-15(19-22-18-11)8-16(21)17-9-14-7-12-5-3-4-6-13(12)10-20(14)2/h3-6,14H,7-10H2,1-2H3,(H,17,21)/t14-/m0/s1. The van der Waals surface area contributed by atoms with Gasteiger partial charge >= 0.3 is 0 Å². The Bertz CT molecular complexity index is 668. The first-order valence-corrected chi connectivity index (χ1v) is 7.45. The van der Waals surface area contributed by atoms with E-state index in [1.807, 2.05) is 0 Å². The number of aryl methyl sites for hydroxylation is 1. The van der Waals surface area contributed by atoms with Crippen molar-refractivity contribution in [1.82, 2.24) is 20.5 Å². The fourth-order valence-electron chi connectivity index (χ4n) is 2.80. The lowest BCUT2D eigenvalue weighted by Gasteiger charge is -2.34. The van der Waals surface area contributed by atoms with E-state index in [4.69, 9.17) is 0 Å². The molecule has 6 heteroatoms. The molecule has 116 valence electrons. The second kappa shape index (κ2) is 6.27. The van der Waals surface area contributed by atoms with Gasteiger partial charge in [0, 0.05) is 19.1 Å². The van der Waals surface area contributed by atoms with Crippen molar-refractivity contribution in [2.75, 3.05) is 13.6 Å². The van der Waals surface area contributed by atoms with Crippen LogP contribution >= 0.6 is 0 Å². The summed E-state index contributed by atoms with van der Waals surface area (Å²) in [6, 6.07) is 8.79. The summed E-state index contributed by atoms with van der Waals surface area (Å²) in [5.74, 6) is -0.0499. The Kier molecular flexibility index (Phi) is 4.20.